The number of hydrogen-bond donors (Lipinski definition) is 0. The number of rotatable bonds is 2. The van der Waals surface area contributed by atoms with E-state index in [2.05, 4.69) is 191 Å². The van der Waals surface area contributed by atoms with Crippen LogP contribution in [0.4, 0.5) is 0 Å². The second-order valence-corrected chi connectivity index (χ2v) is 14.1. The van der Waals surface area contributed by atoms with Crippen LogP contribution in [0, 0.1) is 0 Å². The molecule has 0 saturated carbocycles. The van der Waals surface area contributed by atoms with E-state index >= 15 is 0 Å². The highest BCUT2D eigenvalue weighted by Crippen LogP contribution is 2.49. The topological polar surface area (TPSA) is 9.86 Å². The fourth-order valence-corrected chi connectivity index (χ4v) is 9.12. The quantitative estimate of drug-likeness (QED) is 0.175. The van der Waals surface area contributed by atoms with Gasteiger partial charge in [-0.15, -0.1) is 0 Å². The minimum Gasteiger partial charge on any atom is -0.309 e. The lowest BCUT2D eigenvalue weighted by Gasteiger charge is -2.14. The average Bonchev–Trinajstić information content (AvgIpc) is 3.68. The van der Waals surface area contributed by atoms with Gasteiger partial charge >= 0.3 is 0 Å². The maximum absolute atomic E-state index is 2.50. The predicted molar refractivity (Wildman–Crippen MR) is 220 cm³/mol. The van der Waals surface area contributed by atoms with Crippen LogP contribution in [0.2, 0.25) is 0 Å². The Balaban J connectivity index is 1.18. The van der Waals surface area contributed by atoms with Crippen LogP contribution in [0.1, 0.15) is 0 Å². The lowest BCUT2D eigenvalue weighted by Crippen LogP contribution is -1.95. The Bertz CT molecular complexity index is 3290. The Morgan fingerprint density at radius 2 is 0.827 bits per heavy atom. The van der Waals surface area contributed by atoms with Gasteiger partial charge in [-0.2, -0.15) is 0 Å². The minimum atomic E-state index is 1.20. The van der Waals surface area contributed by atoms with Crippen molar-refractivity contribution < 1.29 is 0 Å². The van der Waals surface area contributed by atoms with Crippen LogP contribution in [0.15, 0.2) is 182 Å². The number of benzene rings is 9. The van der Waals surface area contributed by atoms with E-state index in [1.165, 1.54) is 110 Å². The first kappa shape index (κ1) is 27.9. The molecule has 11 aromatic rings. The summed E-state index contributed by atoms with van der Waals surface area (Å²) in [6.45, 7) is 0. The number of para-hydroxylation sites is 3. The fourth-order valence-electron chi connectivity index (χ4n) is 9.12. The van der Waals surface area contributed by atoms with Crippen molar-refractivity contribution in [1.82, 2.24) is 9.13 Å². The number of nitrogens with zero attached hydrogens (tertiary/aromatic N) is 2. The molecule has 0 spiro atoms. The molecule has 52 heavy (non-hydrogen) atoms. The lowest BCUT2D eigenvalue weighted by atomic mass is 9.89. The van der Waals surface area contributed by atoms with Crippen LogP contribution in [-0.4, -0.2) is 9.13 Å². The molecular formula is C50H30N2. The largest absolute Gasteiger partial charge is 0.309 e. The molecule has 0 aliphatic carbocycles. The van der Waals surface area contributed by atoms with Crippen molar-refractivity contribution in [2.75, 3.05) is 0 Å². The summed E-state index contributed by atoms with van der Waals surface area (Å²) in [5.74, 6) is 0. The van der Waals surface area contributed by atoms with Crippen LogP contribution in [0.25, 0.3) is 110 Å². The van der Waals surface area contributed by atoms with Gasteiger partial charge in [0.05, 0.1) is 33.4 Å². The van der Waals surface area contributed by atoms with Crippen molar-refractivity contribution in [3.8, 4) is 44.8 Å². The smallest absolute Gasteiger partial charge is 0.0620 e. The van der Waals surface area contributed by atoms with Crippen molar-refractivity contribution in [3.05, 3.63) is 182 Å². The van der Waals surface area contributed by atoms with Gasteiger partial charge in [0.2, 0.25) is 0 Å². The number of hydrogen-bond acceptors (Lipinski definition) is 0. The van der Waals surface area contributed by atoms with Gasteiger partial charge in [0.25, 0.3) is 0 Å². The van der Waals surface area contributed by atoms with Gasteiger partial charge in [0.1, 0.15) is 0 Å². The van der Waals surface area contributed by atoms with Gasteiger partial charge in [0.15, 0.2) is 0 Å². The van der Waals surface area contributed by atoms with Crippen LogP contribution < -0.4 is 0 Å². The zero-order valence-corrected chi connectivity index (χ0v) is 28.2. The number of fused-ring (bicyclic) bond motifs is 13. The van der Waals surface area contributed by atoms with Crippen molar-refractivity contribution in [2.45, 2.75) is 0 Å². The summed E-state index contributed by atoms with van der Waals surface area (Å²) in [7, 11) is 0. The maximum atomic E-state index is 2.50. The Morgan fingerprint density at radius 1 is 0.269 bits per heavy atom. The van der Waals surface area contributed by atoms with E-state index in [0.29, 0.717) is 0 Å². The Labute approximate surface area is 300 Å². The fraction of sp³-hybridized carbons (Fsp3) is 0. The van der Waals surface area contributed by atoms with Gasteiger partial charge < -0.3 is 9.13 Å². The Morgan fingerprint density at radius 3 is 1.63 bits per heavy atom. The van der Waals surface area contributed by atoms with E-state index in [1.54, 1.807) is 0 Å². The summed E-state index contributed by atoms with van der Waals surface area (Å²) < 4.78 is 4.95. The van der Waals surface area contributed by atoms with Crippen molar-refractivity contribution in [2.24, 2.45) is 0 Å². The van der Waals surface area contributed by atoms with Crippen LogP contribution >= 0.6 is 0 Å². The highest BCUT2D eigenvalue weighted by molar-refractivity contribution is 6.19. The first-order chi connectivity index (χ1) is 25.8. The summed E-state index contributed by atoms with van der Waals surface area (Å²) in [6, 6.07) is 67.5. The molecule has 0 fully saturated rings. The molecule has 2 nitrogen and oxygen atoms in total. The molecule has 0 saturated heterocycles. The maximum Gasteiger partial charge on any atom is 0.0620 e. The molecule has 9 aromatic carbocycles. The highest BCUT2D eigenvalue weighted by Gasteiger charge is 2.26. The second-order valence-electron chi connectivity index (χ2n) is 14.1. The summed E-state index contributed by atoms with van der Waals surface area (Å²) in [6.07, 6.45) is 0. The zero-order valence-electron chi connectivity index (χ0n) is 28.2. The van der Waals surface area contributed by atoms with E-state index < -0.39 is 0 Å². The van der Waals surface area contributed by atoms with Gasteiger partial charge in [0, 0.05) is 38.1 Å². The SMILES string of the molecule is c1ccc2c(c1)-c1cc3ccccc3cc1-c1cc(-c3ccc4c(c3)c3ccccc3n4-c3cccc4ccccc34)cc3c4ccccc4n-2c13. The molecule has 240 valence electrons. The van der Waals surface area contributed by atoms with E-state index in [9.17, 15) is 0 Å². The molecule has 12 rings (SSSR count). The third-order valence-electron chi connectivity index (χ3n) is 11.4. The third kappa shape index (κ3) is 3.73. The van der Waals surface area contributed by atoms with E-state index in [0.717, 1.165) is 0 Å². The van der Waals surface area contributed by atoms with E-state index in [4.69, 9.17) is 0 Å². The average molecular weight is 659 g/mol. The monoisotopic (exact) mass is 658 g/mol. The van der Waals surface area contributed by atoms with Gasteiger partial charge in [-0.25, -0.2) is 0 Å². The molecule has 3 heterocycles. The van der Waals surface area contributed by atoms with Gasteiger partial charge in [-0.3, -0.25) is 0 Å². The molecule has 0 atom stereocenters. The highest BCUT2D eigenvalue weighted by atomic mass is 15.0. The molecule has 1 aliphatic heterocycles. The summed E-state index contributed by atoms with van der Waals surface area (Å²) in [4.78, 5) is 0. The molecule has 0 bridgehead atoms. The van der Waals surface area contributed by atoms with Crippen LogP contribution in [-0.2, 0) is 0 Å². The van der Waals surface area contributed by atoms with Gasteiger partial charge in [-0.05, 0) is 99.1 Å². The van der Waals surface area contributed by atoms with E-state index in [1.807, 2.05) is 0 Å². The first-order valence-corrected chi connectivity index (χ1v) is 18.0. The molecule has 0 radical (unpaired) electrons. The molecule has 2 heteroatoms. The Hall–Kier alpha value is -6.90. The van der Waals surface area contributed by atoms with E-state index in [-0.39, 0.29) is 0 Å². The van der Waals surface area contributed by atoms with Crippen molar-refractivity contribution >= 4 is 65.2 Å². The minimum absolute atomic E-state index is 1.20. The summed E-state index contributed by atoms with van der Waals surface area (Å²) in [5, 5.41) is 10.1. The van der Waals surface area contributed by atoms with Crippen molar-refractivity contribution in [1.29, 1.82) is 0 Å². The first-order valence-electron chi connectivity index (χ1n) is 18.0. The summed E-state index contributed by atoms with van der Waals surface area (Å²) >= 11 is 0. The van der Waals surface area contributed by atoms with Crippen LogP contribution in [0.5, 0.6) is 0 Å². The van der Waals surface area contributed by atoms with Gasteiger partial charge in [-0.1, -0.05) is 121 Å². The van der Waals surface area contributed by atoms with Crippen LogP contribution in [0.3, 0.4) is 0 Å². The standard InChI is InChI=1S/C50H30N2/c1-2-14-33-27-41-40(26-32(33)13-1)37-17-5-9-21-47(37)52-48-22-10-7-19-39(48)43-29-35(30-44(41)50(43)52)34-24-25-49-42(28-34)38-18-6-8-20-46(38)51(49)45-23-11-15-31-12-3-4-16-36(31)45/h1-30H. The molecule has 0 unspecified atom stereocenters. The number of aromatic nitrogens is 2. The molecule has 1 aliphatic rings. The lowest BCUT2D eigenvalue weighted by molar-refractivity contribution is 1.19. The second kappa shape index (κ2) is 10.3. The molecule has 2 aromatic heterocycles. The third-order valence-corrected chi connectivity index (χ3v) is 11.4. The predicted octanol–water partition coefficient (Wildman–Crippen LogP) is 13.5. The van der Waals surface area contributed by atoms with Crippen molar-refractivity contribution in [3.63, 3.8) is 0 Å². The summed E-state index contributed by atoms with van der Waals surface area (Å²) in [5.41, 5.74) is 14.8. The Kier molecular flexibility index (Phi) is 5.53. The molecular weight excluding hydrogens is 629 g/mol. The normalized spacial score (nSPS) is 12.2. The molecule has 0 N–H and O–H groups in total. The zero-order chi connectivity index (χ0) is 33.9. The molecule has 0 amide bonds.